The van der Waals surface area contributed by atoms with Crippen LogP contribution in [-0.4, -0.2) is 6.47 Å². The van der Waals surface area contributed by atoms with Crippen molar-refractivity contribution in [2.75, 3.05) is 0 Å². The van der Waals surface area contributed by atoms with Crippen LogP contribution in [0.4, 0.5) is 0 Å². The molecule has 2 heteroatoms. The number of ether oxygens (including phenoxy) is 1. The van der Waals surface area contributed by atoms with Crippen molar-refractivity contribution in [3.63, 3.8) is 0 Å². The fraction of sp³-hybridized carbons (Fsp3) is 0.188. The van der Waals surface area contributed by atoms with Gasteiger partial charge in [-0.3, -0.25) is 4.79 Å². The van der Waals surface area contributed by atoms with Crippen LogP contribution in [0.3, 0.4) is 0 Å². The van der Waals surface area contributed by atoms with Crippen molar-refractivity contribution in [2.24, 2.45) is 0 Å². The van der Waals surface area contributed by atoms with Gasteiger partial charge in [0, 0.05) is 6.42 Å². The Morgan fingerprint density at radius 1 is 1.00 bits per heavy atom. The summed E-state index contributed by atoms with van der Waals surface area (Å²) in [5.74, 6) is 0. The molecule has 0 aliphatic carbocycles. The van der Waals surface area contributed by atoms with Crippen LogP contribution in [0.5, 0.6) is 0 Å². The van der Waals surface area contributed by atoms with E-state index in [1.807, 2.05) is 67.6 Å². The molecule has 92 valence electrons. The van der Waals surface area contributed by atoms with Gasteiger partial charge in [-0.05, 0) is 18.1 Å². The van der Waals surface area contributed by atoms with Crippen molar-refractivity contribution < 1.29 is 9.53 Å². The minimum absolute atomic E-state index is 0.524. The molecule has 0 heterocycles. The fourth-order valence-corrected chi connectivity index (χ4v) is 2.09. The van der Waals surface area contributed by atoms with Gasteiger partial charge in [0.2, 0.25) is 0 Å². The quantitative estimate of drug-likeness (QED) is 0.749. The van der Waals surface area contributed by atoms with E-state index in [1.54, 1.807) is 0 Å². The number of rotatable bonds is 5. The molecule has 0 aromatic heterocycles. The number of carbonyl (C=O) groups is 1. The highest BCUT2D eigenvalue weighted by Gasteiger charge is 2.28. The number of carbonyl (C=O) groups excluding carboxylic acids is 1. The van der Waals surface area contributed by atoms with Crippen LogP contribution in [0, 0.1) is 0 Å². The molecule has 0 spiro atoms. The number of benzene rings is 2. The van der Waals surface area contributed by atoms with E-state index < -0.39 is 5.60 Å². The Bertz CT molecular complexity index is 493. The summed E-state index contributed by atoms with van der Waals surface area (Å²) in [4.78, 5) is 10.8. The van der Waals surface area contributed by atoms with E-state index in [-0.39, 0.29) is 0 Å². The van der Waals surface area contributed by atoms with Crippen molar-refractivity contribution >= 4 is 6.47 Å². The highest BCUT2D eigenvalue weighted by Crippen LogP contribution is 2.28. The molecule has 0 bridgehead atoms. The lowest BCUT2D eigenvalue weighted by Gasteiger charge is -2.28. The molecule has 2 nitrogen and oxygen atoms in total. The summed E-state index contributed by atoms with van der Waals surface area (Å²) < 4.78 is 5.34. The normalized spacial score (nSPS) is 13.6. The second kappa shape index (κ2) is 5.50. The van der Waals surface area contributed by atoms with Gasteiger partial charge in [0.25, 0.3) is 6.47 Å². The Morgan fingerprint density at radius 3 is 2.11 bits per heavy atom. The zero-order valence-electron chi connectivity index (χ0n) is 10.4. The molecule has 2 aromatic rings. The maximum atomic E-state index is 10.8. The van der Waals surface area contributed by atoms with E-state index >= 15 is 0 Å². The molecule has 0 amide bonds. The summed E-state index contributed by atoms with van der Waals surface area (Å²) in [5.41, 5.74) is 1.52. The highest BCUT2D eigenvalue weighted by molar-refractivity contribution is 5.41. The molecule has 0 N–H and O–H groups in total. The lowest BCUT2D eigenvalue weighted by Crippen LogP contribution is -2.28. The smallest absolute Gasteiger partial charge is 0.293 e. The van der Waals surface area contributed by atoms with Crippen molar-refractivity contribution in [2.45, 2.75) is 18.9 Å². The molecular formula is C16H16O2. The van der Waals surface area contributed by atoms with E-state index in [1.165, 1.54) is 0 Å². The van der Waals surface area contributed by atoms with Crippen molar-refractivity contribution in [3.8, 4) is 0 Å². The minimum atomic E-state index is -0.621. The predicted molar refractivity (Wildman–Crippen MR) is 71.1 cm³/mol. The molecule has 1 atom stereocenters. The second-order valence-corrected chi connectivity index (χ2v) is 4.47. The summed E-state index contributed by atoms with van der Waals surface area (Å²) in [6, 6.07) is 19.8. The molecule has 0 saturated carbocycles. The molecule has 0 aliphatic rings. The third-order valence-corrected chi connectivity index (χ3v) is 3.08. The van der Waals surface area contributed by atoms with E-state index in [0.717, 1.165) is 11.1 Å². The fourth-order valence-electron chi connectivity index (χ4n) is 2.09. The lowest BCUT2D eigenvalue weighted by molar-refractivity contribution is -0.142. The summed E-state index contributed by atoms with van der Waals surface area (Å²) in [6.45, 7) is 2.46. The summed E-state index contributed by atoms with van der Waals surface area (Å²) in [7, 11) is 0. The number of hydrogen-bond donors (Lipinski definition) is 0. The van der Waals surface area contributed by atoms with Crippen molar-refractivity contribution in [3.05, 3.63) is 71.8 Å². The van der Waals surface area contributed by atoms with Crippen LogP contribution >= 0.6 is 0 Å². The first-order chi connectivity index (χ1) is 8.74. The van der Waals surface area contributed by atoms with Crippen molar-refractivity contribution in [1.29, 1.82) is 0 Å². The largest absolute Gasteiger partial charge is 0.456 e. The molecule has 0 fully saturated rings. The summed E-state index contributed by atoms with van der Waals surface area (Å²) >= 11 is 0. The third-order valence-electron chi connectivity index (χ3n) is 3.08. The molecule has 0 radical (unpaired) electrons. The van der Waals surface area contributed by atoms with Crippen LogP contribution in [-0.2, 0) is 21.6 Å². The lowest BCUT2D eigenvalue weighted by atomic mass is 9.89. The van der Waals surface area contributed by atoms with Gasteiger partial charge in [0.1, 0.15) is 5.60 Å². The Morgan fingerprint density at radius 2 is 1.56 bits per heavy atom. The van der Waals surface area contributed by atoms with Crippen LogP contribution in [0.25, 0.3) is 0 Å². The molecular weight excluding hydrogens is 224 g/mol. The molecule has 1 unspecified atom stereocenters. The van der Waals surface area contributed by atoms with E-state index in [9.17, 15) is 4.79 Å². The van der Waals surface area contributed by atoms with Crippen LogP contribution in [0.1, 0.15) is 18.1 Å². The van der Waals surface area contributed by atoms with Crippen molar-refractivity contribution in [1.82, 2.24) is 0 Å². The standard InChI is InChI=1S/C16H16O2/c1-16(18-13-17,15-10-6-3-7-11-15)12-14-8-4-2-5-9-14/h2-11,13H,12H2,1H3. The molecule has 0 aliphatic heterocycles. The van der Waals surface area contributed by atoms with E-state index in [0.29, 0.717) is 12.9 Å². The van der Waals surface area contributed by atoms with Gasteiger partial charge >= 0.3 is 0 Å². The Labute approximate surface area is 107 Å². The van der Waals surface area contributed by atoms with E-state index in [2.05, 4.69) is 0 Å². The monoisotopic (exact) mass is 240 g/mol. The van der Waals surface area contributed by atoms with Crippen LogP contribution < -0.4 is 0 Å². The molecule has 2 rings (SSSR count). The average molecular weight is 240 g/mol. The maximum absolute atomic E-state index is 10.8. The van der Waals surface area contributed by atoms with Gasteiger partial charge in [-0.15, -0.1) is 0 Å². The Hall–Kier alpha value is -2.09. The van der Waals surface area contributed by atoms with Gasteiger partial charge in [0.05, 0.1) is 0 Å². The van der Waals surface area contributed by atoms with Gasteiger partial charge in [-0.25, -0.2) is 0 Å². The predicted octanol–water partition coefficient (Wildman–Crippen LogP) is 3.32. The Balaban J connectivity index is 2.30. The zero-order valence-corrected chi connectivity index (χ0v) is 10.4. The van der Waals surface area contributed by atoms with E-state index in [4.69, 9.17) is 4.74 Å². The molecule has 18 heavy (non-hydrogen) atoms. The summed E-state index contributed by atoms with van der Waals surface area (Å²) in [5, 5.41) is 0. The van der Waals surface area contributed by atoms with Gasteiger partial charge < -0.3 is 4.74 Å². The van der Waals surface area contributed by atoms with Gasteiger partial charge in [-0.1, -0.05) is 60.7 Å². The minimum Gasteiger partial charge on any atom is -0.456 e. The summed E-state index contributed by atoms with van der Waals surface area (Å²) in [6.07, 6.45) is 0.663. The first kappa shape index (κ1) is 12.4. The third kappa shape index (κ3) is 2.77. The van der Waals surface area contributed by atoms with Crippen LogP contribution in [0.15, 0.2) is 60.7 Å². The topological polar surface area (TPSA) is 26.3 Å². The molecule has 0 saturated heterocycles. The zero-order chi connectivity index (χ0) is 12.8. The average Bonchev–Trinajstić information content (AvgIpc) is 2.41. The SMILES string of the molecule is CC(Cc1ccccc1)(OC=O)c1ccccc1. The van der Waals surface area contributed by atoms with Crippen LogP contribution in [0.2, 0.25) is 0 Å². The first-order valence-corrected chi connectivity index (χ1v) is 5.95. The first-order valence-electron chi connectivity index (χ1n) is 5.95. The second-order valence-electron chi connectivity index (χ2n) is 4.47. The number of hydrogen-bond acceptors (Lipinski definition) is 2. The molecule has 2 aromatic carbocycles. The highest BCUT2D eigenvalue weighted by atomic mass is 16.5. The maximum Gasteiger partial charge on any atom is 0.293 e. The Kier molecular flexibility index (Phi) is 3.78. The van der Waals surface area contributed by atoms with Gasteiger partial charge in [-0.2, -0.15) is 0 Å². The van der Waals surface area contributed by atoms with Gasteiger partial charge in [0.15, 0.2) is 0 Å².